The Morgan fingerprint density at radius 2 is 2.11 bits per heavy atom. The first-order chi connectivity index (χ1) is 9.25. The van der Waals surface area contributed by atoms with Gasteiger partial charge in [-0.2, -0.15) is 11.8 Å². The third kappa shape index (κ3) is 5.19. The van der Waals surface area contributed by atoms with Crippen LogP contribution in [-0.2, 0) is 12.3 Å². The fourth-order valence-electron chi connectivity index (χ4n) is 1.72. The summed E-state index contributed by atoms with van der Waals surface area (Å²) in [5.74, 6) is 0.974. The third-order valence-corrected chi connectivity index (χ3v) is 5.25. The van der Waals surface area contributed by atoms with Gasteiger partial charge in [0.2, 0.25) is 0 Å². The van der Waals surface area contributed by atoms with E-state index in [2.05, 4.69) is 35.8 Å². The Bertz CT molecular complexity index is 485. The van der Waals surface area contributed by atoms with Gasteiger partial charge in [0.25, 0.3) is 0 Å². The number of nitrogens with one attached hydrogen (secondary N) is 1. The lowest BCUT2D eigenvalue weighted by molar-refractivity contribution is 0.690. The van der Waals surface area contributed by atoms with Crippen molar-refractivity contribution in [2.75, 3.05) is 6.54 Å². The second-order valence-electron chi connectivity index (χ2n) is 4.42. The highest BCUT2D eigenvalue weighted by Crippen LogP contribution is 2.23. The van der Waals surface area contributed by atoms with E-state index in [9.17, 15) is 0 Å². The van der Waals surface area contributed by atoms with E-state index in [0.717, 1.165) is 23.9 Å². The highest BCUT2D eigenvalue weighted by atomic mass is 35.5. The molecule has 0 aliphatic carbocycles. The SMILES string of the molecule is CC(CNCc1cccs1)SCc1ccccc1Cl. The van der Waals surface area contributed by atoms with E-state index in [-0.39, 0.29) is 0 Å². The van der Waals surface area contributed by atoms with Crippen LogP contribution in [-0.4, -0.2) is 11.8 Å². The van der Waals surface area contributed by atoms with Gasteiger partial charge in [0.1, 0.15) is 0 Å². The molecule has 102 valence electrons. The Morgan fingerprint density at radius 3 is 2.84 bits per heavy atom. The third-order valence-electron chi connectivity index (χ3n) is 2.79. The van der Waals surface area contributed by atoms with Crippen LogP contribution in [0.4, 0.5) is 0 Å². The fraction of sp³-hybridized carbons (Fsp3) is 0.333. The second-order valence-corrected chi connectivity index (χ2v) is 7.29. The van der Waals surface area contributed by atoms with Gasteiger partial charge in [-0.15, -0.1) is 11.3 Å². The van der Waals surface area contributed by atoms with Gasteiger partial charge >= 0.3 is 0 Å². The normalized spacial score (nSPS) is 12.5. The van der Waals surface area contributed by atoms with E-state index in [4.69, 9.17) is 11.6 Å². The molecule has 1 aromatic carbocycles. The van der Waals surface area contributed by atoms with E-state index in [1.54, 1.807) is 11.3 Å². The van der Waals surface area contributed by atoms with Crippen LogP contribution in [0.2, 0.25) is 5.02 Å². The van der Waals surface area contributed by atoms with E-state index in [0.29, 0.717) is 5.25 Å². The van der Waals surface area contributed by atoms with Crippen molar-refractivity contribution in [3.8, 4) is 0 Å². The molecule has 1 atom stereocenters. The maximum Gasteiger partial charge on any atom is 0.0446 e. The van der Waals surface area contributed by atoms with Gasteiger partial charge in [-0.25, -0.2) is 0 Å². The monoisotopic (exact) mass is 311 g/mol. The zero-order chi connectivity index (χ0) is 13.5. The number of hydrogen-bond donors (Lipinski definition) is 1. The molecule has 1 nitrogen and oxygen atoms in total. The standard InChI is InChI=1S/C15H18ClNS2/c1-12(9-17-10-14-6-4-8-18-14)19-11-13-5-2-3-7-15(13)16/h2-8,12,17H,9-11H2,1H3. The molecular formula is C15H18ClNS2. The molecule has 2 aromatic rings. The molecule has 0 radical (unpaired) electrons. The lowest BCUT2D eigenvalue weighted by atomic mass is 10.2. The van der Waals surface area contributed by atoms with Crippen molar-refractivity contribution in [2.24, 2.45) is 0 Å². The van der Waals surface area contributed by atoms with Crippen molar-refractivity contribution in [1.82, 2.24) is 5.32 Å². The molecule has 0 amide bonds. The average molecular weight is 312 g/mol. The van der Waals surface area contributed by atoms with Crippen LogP contribution in [0.3, 0.4) is 0 Å². The number of hydrogen-bond acceptors (Lipinski definition) is 3. The van der Waals surface area contributed by atoms with Gasteiger partial charge in [0.05, 0.1) is 0 Å². The van der Waals surface area contributed by atoms with Gasteiger partial charge in [-0.1, -0.05) is 42.8 Å². The average Bonchev–Trinajstić information content (AvgIpc) is 2.91. The molecule has 0 aliphatic rings. The fourth-order valence-corrected chi connectivity index (χ4v) is 3.63. The molecule has 0 aliphatic heterocycles. The van der Waals surface area contributed by atoms with E-state index < -0.39 is 0 Å². The quantitative estimate of drug-likeness (QED) is 0.787. The summed E-state index contributed by atoms with van der Waals surface area (Å²) in [6, 6.07) is 12.3. The number of thioether (sulfide) groups is 1. The first kappa shape index (κ1) is 14.9. The Morgan fingerprint density at radius 1 is 1.26 bits per heavy atom. The molecular weight excluding hydrogens is 294 g/mol. The van der Waals surface area contributed by atoms with Crippen LogP contribution in [0.25, 0.3) is 0 Å². The van der Waals surface area contributed by atoms with Crippen LogP contribution in [0, 0.1) is 0 Å². The molecule has 1 unspecified atom stereocenters. The Labute approximate surface area is 128 Å². The maximum absolute atomic E-state index is 6.15. The summed E-state index contributed by atoms with van der Waals surface area (Å²) in [6.07, 6.45) is 0. The minimum Gasteiger partial charge on any atom is -0.311 e. The first-order valence-electron chi connectivity index (χ1n) is 6.34. The van der Waals surface area contributed by atoms with Crippen molar-refractivity contribution >= 4 is 34.7 Å². The number of rotatable bonds is 7. The highest BCUT2D eigenvalue weighted by Gasteiger charge is 2.05. The summed E-state index contributed by atoms with van der Waals surface area (Å²) in [5, 5.41) is 7.06. The van der Waals surface area contributed by atoms with Crippen molar-refractivity contribution in [2.45, 2.75) is 24.5 Å². The Kier molecular flexibility index (Phi) is 6.24. The molecule has 2 rings (SSSR count). The highest BCUT2D eigenvalue weighted by molar-refractivity contribution is 7.99. The summed E-state index contributed by atoms with van der Waals surface area (Å²) in [7, 11) is 0. The van der Waals surface area contributed by atoms with E-state index in [1.807, 2.05) is 30.0 Å². The molecule has 0 fully saturated rings. The lowest BCUT2D eigenvalue weighted by Gasteiger charge is -2.12. The molecule has 0 spiro atoms. The van der Waals surface area contributed by atoms with Crippen LogP contribution >= 0.6 is 34.7 Å². The smallest absolute Gasteiger partial charge is 0.0446 e. The van der Waals surface area contributed by atoms with Gasteiger partial charge < -0.3 is 5.32 Å². The molecule has 19 heavy (non-hydrogen) atoms. The van der Waals surface area contributed by atoms with Gasteiger partial charge in [-0.05, 0) is 23.1 Å². The zero-order valence-electron chi connectivity index (χ0n) is 10.9. The van der Waals surface area contributed by atoms with Crippen LogP contribution in [0.1, 0.15) is 17.4 Å². The van der Waals surface area contributed by atoms with Gasteiger partial charge in [0.15, 0.2) is 0 Å². The lowest BCUT2D eigenvalue weighted by Crippen LogP contribution is -2.21. The van der Waals surface area contributed by atoms with Crippen LogP contribution < -0.4 is 5.32 Å². The van der Waals surface area contributed by atoms with E-state index >= 15 is 0 Å². The topological polar surface area (TPSA) is 12.0 Å². The minimum atomic E-state index is 0.580. The predicted molar refractivity (Wildman–Crippen MR) is 88.2 cm³/mol. The largest absolute Gasteiger partial charge is 0.311 e. The molecule has 0 saturated carbocycles. The first-order valence-corrected chi connectivity index (χ1v) is 8.64. The number of thiophene rings is 1. The van der Waals surface area contributed by atoms with Gasteiger partial charge in [0, 0.05) is 34.0 Å². The molecule has 4 heteroatoms. The summed E-state index contributed by atoms with van der Waals surface area (Å²) in [5.41, 5.74) is 1.22. The van der Waals surface area contributed by atoms with Gasteiger partial charge in [-0.3, -0.25) is 0 Å². The van der Waals surface area contributed by atoms with Crippen LogP contribution in [0.5, 0.6) is 0 Å². The molecule has 0 saturated heterocycles. The number of halogens is 1. The Balaban J connectivity index is 1.67. The number of benzene rings is 1. The molecule has 1 N–H and O–H groups in total. The summed E-state index contributed by atoms with van der Waals surface area (Å²) in [6.45, 7) is 4.24. The second kappa shape index (κ2) is 7.95. The van der Waals surface area contributed by atoms with E-state index in [1.165, 1.54) is 10.4 Å². The van der Waals surface area contributed by atoms with Crippen molar-refractivity contribution in [1.29, 1.82) is 0 Å². The van der Waals surface area contributed by atoms with Crippen molar-refractivity contribution in [3.05, 3.63) is 57.2 Å². The predicted octanol–water partition coefficient (Wildman–Crippen LogP) is 4.81. The molecule has 1 heterocycles. The minimum absolute atomic E-state index is 0.580. The van der Waals surface area contributed by atoms with Crippen molar-refractivity contribution in [3.63, 3.8) is 0 Å². The molecule has 1 aromatic heterocycles. The van der Waals surface area contributed by atoms with Crippen LogP contribution in [0.15, 0.2) is 41.8 Å². The maximum atomic E-state index is 6.15. The summed E-state index contributed by atoms with van der Waals surface area (Å²) < 4.78 is 0. The molecule has 0 bridgehead atoms. The van der Waals surface area contributed by atoms with Crippen molar-refractivity contribution < 1.29 is 0 Å². The zero-order valence-corrected chi connectivity index (χ0v) is 13.3. The summed E-state index contributed by atoms with van der Waals surface area (Å²) in [4.78, 5) is 1.39. The summed E-state index contributed by atoms with van der Waals surface area (Å²) >= 11 is 9.89. The Hall–Kier alpha value is -0.480.